The van der Waals surface area contributed by atoms with Gasteiger partial charge in [0.15, 0.2) is 0 Å². The SMILES string of the molecule is C1=C2SP2CC1. The van der Waals surface area contributed by atoms with E-state index in [9.17, 15) is 0 Å². The van der Waals surface area contributed by atoms with Gasteiger partial charge in [-0.05, 0) is 19.7 Å². The van der Waals surface area contributed by atoms with Crippen molar-refractivity contribution in [3.8, 4) is 0 Å². The van der Waals surface area contributed by atoms with Crippen molar-refractivity contribution in [3.63, 3.8) is 0 Å². The number of rotatable bonds is 0. The maximum Gasteiger partial charge on any atom is 0.0199 e. The zero-order valence-electron chi connectivity index (χ0n) is 3.35. The minimum atomic E-state index is 0.479. The first-order valence-electron chi connectivity index (χ1n) is 2.12. The quantitative estimate of drug-likeness (QED) is 0.346. The van der Waals surface area contributed by atoms with Crippen molar-refractivity contribution in [3.05, 3.63) is 10.7 Å². The average Bonchev–Trinajstić information content (AvgIpc) is 2.17. The Balaban J connectivity index is 2.35. The molecular formula is C4H5PS. The monoisotopic (exact) mass is 116 g/mol. The van der Waals surface area contributed by atoms with Gasteiger partial charge in [-0.3, -0.25) is 0 Å². The van der Waals surface area contributed by atoms with Crippen molar-refractivity contribution >= 4 is 18.5 Å². The van der Waals surface area contributed by atoms with E-state index in [-0.39, 0.29) is 0 Å². The summed E-state index contributed by atoms with van der Waals surface area (Å²) in [6, 6.07) is 0. The third-order valence-corrected chi connectivity index (χ3v) is 5.42. The lowest BCUT2D eigenvalue weighted by Crippen LogP contribution is -1.58. The van der Waals surface area contributed by atoms with Gasteiger partial charge in [0.2, 0.25) is 0 Å². The summed E-state index contributed by atoms with van der Waals surface area (Å²) < 4.78 is 1.73. The van der Waals surface area contributed by atoms with Crippen LogP contribution < -0.4 is 0 Å². The molecule has 0 aromatic carbocycles. The molecule has 0 bridgehead atoms. The van der Waals surface area contributed by atoms with Crippen LogP contribution in [-0.2, 0) is 0 Å². The van der Waals surface area contributed by atoms with Gasteiger partial charge in [0, 0.05) is 4.65 Å². The third-order valence-electron chi connectivity index (χ3n) is 1.07. The summed E-state index contributed by atoms with van der Waals surface area (Å²) in [6.07, 6.45) is 5.26. The first-order chi connectivity index (χ1) is 2.97. The Labute approximate surface area is 42.5 Å². The first kappa shape index (κ1) is 3.51. The van der Waals surface area contributed by atoms with Gasteiger partial charge >= 0.3 is 0 Å². The molecule has 0 aromatic heterocycles. The minimum Gasteiger partial charge on any atom is -0.0921 e. The molecule has 2 heteroatoms. The van der Waals surface area contributed by atoms with Crippen molar-refractivity contribution in [1.29, 1.82) is 0 Å². The molecule has 1 saturated heterocycles. The molecule has 1 fully saturated rings. The predicted octanol–water partition coefficient (Wildman–Crippen LogP) is 2.38. The first-order valence-corrected chi connectivity index (χ1v) is 5.07. The van der Waals surface area contributed by atoms with E-state index in [0.29, 0.717) is 7.12 Å². The smallest absolute Gasteiger partial charge is 0.0199 e. The average molecular weight is 116 g/mol. The zero-order chi connectivity index (χ0) is 3.98. The molecule has 2 heterocycles. The highest BCUT2D eigenvalue weighted by Gasteiger charge is 2.33. The molecule has 6 heavy (non-hydrogen) atoms. The normalized spacial score (nSPS) is 38.7. The molecule has 0 aromatic rings. The minimum absolute atomic E-state index is 0.479. The highest BCUT2D eigenvalue weighted by Crippen LogP contribution is 2.83. The fraction of sp³-hybridized carbons (Fsp3) is 0.500. The summed E-state index contributed by atoms with van der Waals surface area (Å²) in [6.45, 7) is 0. The summed E-state index contributed by atoms with van der Waals surface area (Å²) in [4.78, 5) is 0. The van der Waals surface area contributed by atoms with Crippen LogP contribution in [0.5, 0.6) is 0 Å². The zero-order valence-corrected chi connectivity index (χ0v) is 5.06. The Kier molecular flexibility index (Phi) is 0.597. The molecular weight excluding hydrogens is 111 g/mol. The molecule has 1 atom stereocenters. The van der Waals surface area contributed by atoms with Gasteiger partial charge < -0.3 is 0 Å². The molecule has 0 saturated carbocycles. The van der Waals surface area contributed by atoms with Gasteiger partial charge in [0.05, 0.1) is 0 Å². The summed E-state index contributed by atoms with van der Waals surface area (Å²) in [5.74, 6) is 0. The third kappa shape index (κ3) is 0.357. The van der Waals surface area contributed by atoms with Gasteiger partial charge in [-0.1, -0.05) is 17.5 Å². The molecule has 1 unspecified atom stereocenters. The van der Waals surface area contributed by atoms with E-state index in [1.807, 2.05) is 0 Å². The van der Waals surface area contributed by atoms with Crippen molar-refractivity contribution in [2.24, 2.45) is 0 Å². The van der Waals surface area contributed by atoms with Crippen molar-refractivity contribution < 1.29 is 0 Å². The maximum absolute atomic E-state index is 2.39. The number of allylic oxidation sites excluding steroid dienone is 1. The second-order valence-electron chi connectivity index (χ2n) is 1.52. The lowest BCUT2D eigenvalue weighted by molar-refractivity contribution is 1.27. The molecule has 0 nitrogen and oxygen atoms in total. The van der Waals surface area contributed by atoms with E-state index in [4.69, 9.17) is 0 Å². The van der Waals surface area contributed by atoms with E-state index in [2.05, 4.69) is 17.5 Å². The number of hydrogen-bond donors (Lipinski definition) is 0. The largest absolute Gasteiger partial charge is 0.0921 e. The summed E-state index contributed by atoms with van der Waals surface area (Å²) in [5, 5.41) is 0. The van der Waals surface area contributed by atoms with E-state index in [0.717, 1.165) is 0 Å². The fourth-order valence-electron chi connectivity index (χ4n) is 0.693. The van der Waals surface area contributed by atoms with Crippen molar-refractivity contribution in [1.82, 2.24) is 0 Å². The molecule has 0 aliphatic carbocycles. The van der Waals surface area contributed by atoms with Crippen LogP contribution in [0.15, 0.2) is 10.7 Å². The highest BCUT2D eigenvalue weighted by atomic mass is 32.8. The van der Waals surface area contributed by atoms with Crippen LogP contribution in [-0.4, -0.2) is 6.16 Å². The summed E-state index contributed by atoms with van der Waals surface area (Å²) in [7, 11) is 0.479. The lowest BCUT2D eigenvalue weighted by atomic mass is 10.5. The number of hydrogen-bond acceptors (Lipinski definition) is 1. The fourth-order valence-corrected chi connectivity index (χ4v) is 4.46. The maximum atomic E-state index is 2.39. The molecule has 2 aliphatic heterocycles. The van der Waals surface area contributed by atoms with Crippen molar-refractivity contribution in [2.45, 2.75) is 6.42 Å². The Morgan fingerprint density at radius 3 is 3.00 bits per heavy atom. The summed E-state index contributed by atoms with van der Waals surface area (Å²) >= 11 is 2.10. The van der Waals surface area contributed by atoms with Crippen LogP contribution in [0.25, 0.3) is 0 Å². The van der Waals surface area contributed by atoms with Crippen LogP contribution in [0, 0.1) is 0 Å². The van der Waals surface area contributed by atoms with Gasteiger partial charge in [-0.15, -0.1) is 0 Å². The molecule has 0 amide bonds. The second kappa shape index (κ2) is 1.02. The second-order valence-corrected chi connectivity index (χ2v) is 6.01. The van der Waals surface area contributed by atoms with Gasteiger partial charge in [-0.2, -0.15) is 0 Å². The Morgan fingerprint density at radius 1 is 1.83 bits per heavy atom. The van der Waals surface area contributed by atoms with Crippen LogP contribution in [0.3, 0.4) is 0 Å². The van der Waals surface area contributed by atoms with Gasteiger partial charge in [-0.25, -0.2) is 0 Å². The molecule has 0 spiro atoms. The van der Waals surface area contributed by atoms with Crippen LogP contribution in [0.2, 0.25) is 0 Å². The molecule has 32 valence electrons. The standard InChI is InChI=1S/C4H5PS/c1-2-4-5(3-1)6-4/h2H,1,3H2. The van der Waals surface area contributed by atoms with Gasteiger partial charge in [0.25, 0.3) is 0 Å². The van der Waals surface area contributed by atoms with E-state index >= 15 is 0 Å². The van der Waals surface area contributed by atoms with E-state index in [1.54, 1.807) is 4.65 Å². The Morgan fingerprint density at radius 2 is 2.83 bits per heavy atom. The lowest BCUT2D eigenvalue weighted by Gasteiger charge is -1.76. The molecule has 0 N–H and O–H groups in total. The molecule has 0 radical (unpaired) electrons. The van der Waals surface area contributed by atoms with E-state index in [1.165, 1.54) is 12.6 Å². The number of fused-ring (bicyclic) bond motifs is 1. The summed E-state index contributed by atoms with van der Waals surface area (Å²) in [5.41, 5.74) is 0. The predicted molar refractivity (Wildman–Crippen MR) is 32.1 cm³/mol. The van der Waals surface area contributed by atoms with Crippen LogP contribution in [0.1, 0.15) is 6.42 Å². The van der Waals surface area contributed by atoms with E-state index < -0.39 is 0 Å². The molecule has 2 rings (SSSR count). The van der Waals surface area contributed by atoms with Crippen molar-refractivity contribution in [2.75, 3.05) is 6.16 Å². The van der Waals surface area contributed by atoms with Crippen LogP contribution >= 0.6 is 18.5 Å². The molecule has 2 aliphatic rings. The topological polar surface area (TPSA) is 0 Å². The van der Waals surface area contributed by atoms with Crippen LogP contribution in [0.4, 0.5) is 0 Å². The Bertz CT molecular complexity index is 108. The van der Waals surface area contributed by atoms with Gasteiger partial charge in [0.1, 0.15) is 0 Å². The highest BCUT2D eigenvalue weighted by molar-refractivity contribution is 8.76. The Hall–Kier alpha value is 0.520.